The van der Waals surface area contributed by atoms with Crippen molar-refractivity contribution in [1.29, 1.82) is 0 Å². The van der Waals surface area contributed by atoms with Crippen molar-refractivity contribution in [2.75, 3.05) is 32.1 Å². The number of carbonyl (C=O) groups is 2. The number of aliphatic hydroxyl groups is 1. The number of hydrogen-bond donors (Lipinski definition) is 3. The molecule has 0 radical (unpaired) electrons. The van der Waals surface area contributed by atoms with Crippen molar-refractivity contribution >= 4 is 17.5 Å². The molecule has 2 aliphatic heterocycles. The maximum atomic E-state index is 12.2. The molecule has 124 valence electrons. The third-order valence-corrected chi connectivity index (χ3v) is 4.31. The Bertz CT molecular complexity index is 619. The van der Waals surface area contributed by atoms with Crippen LogP contribution in [0.15, 0.2) is 18.2 Å². The van der Waals surface area contributed by atoms with E-state index in [1.54, 1.807) is 12.1 Å². The van der Waals surface area contributed by atoms with Crippen molar-refractivity contribution < 1.29 is 19.4 Å². The number of hydrogen-bond acceptors (Lipinski definition) is 5. The summed E-state index contributed by atoms with van der Waals surface area (Å²) in [5, 5.41) is 15.0. The minimum Gasteiger partial charge on any atom is -0.482 e. The van der Waals surface area contributed by atoms with Gasteiger partial charge in [0.15, 0.2) is 6.61 Å². The molecule has 3 N–H and O–H groups in total. The van der Waals surface area contributed by atoms with Crippen LogP contribution in [-0.2, 0) is 16.0 Å². The maximum absolute atomic E-state index is 12.2. The van der Waals surface area contributed by atoms with Crippen molar-refractivity contribution in [3.8, 4) is 5.75 Å². The Kier molecular flexibility index (Phi) is 4.49. The Morgan fingerprint density at radius 3 is 3.09 bits per heavy atom. The first-order valence-corrected chi connectivity index (χ1v) is 7.71. The number of likely N-dealkylation sites (tertiary alicyclic amines) is 1. The highest BCUT2D eigenvalue weighted by atomic mass is 16.5. The van der Waals surface area contributed by atoms with E-state index >= 15 is 0 Å². The summed E-state index contributed by atoms with van der Waals surface area (Å²) < 4.78 is 5.30. The van der Waals surface area contributed by atoms with Gasteiger partial charge in [0, 0.05) is 18.6 Å². The van der Waals surface area contributed by atoms with E-state index in [4.69, 9.17) is 4.74 Å². The van der Waals surface area contributed by atoms with Crippen LogP contribution in [0.2, 0.25) is 0 Å². The molecule has 1 aromatic rings. The second-order valence-corrected chi connectivity index (χ2v) is 6.12. The van der Waals surface area contributed by atoms with E-state index < -0.39 is 0 Å². The van der Waals surface area contributed by atoms with E-state index in [1.165, 1.54) is 0 Å². The summed E-state index contributed by atoms with van der Waals surface area (Å²) in [7, 11) is 1.94. The lowest BCUT2D eigenvalue weighted by atomic mass is 10.1. The number of aliphatic hydroxyl groups excluding tert-OH is 1. The Morgan fingerprint density at radius 2 is 2.35 bits per heavy atom. The molecule has 2 amide bonds. The molecule has 0 aliphatic carbocycles. The minimum atomic E-state index is -0.192. The van der Waals surface area contributed by atoms with Gasteiger partial charge in [-0.25, -0.2) is 0 Å². The van der Waals surface area contributed by atoms with E-state index in [1.807, 2.05) is 13.1 Å². The Hall–Kier alpha value is -2.12. The van der Waals surface area contributed by atoms with Crippen LogP contribution in [0.3, 0.4) is 0 Å². The fraction of sp³-hybridized carbons (Fsp3) is 0.500. The van der Waals surface area contributed by atoms with Gasteiger partial charge in [-0.1, -0.05) is 6.07 Å². The zero-order valence-electron chi connectivity index (χ0n) is 13.0. The van der Waals surface area contributed by atoms with Gasteiger partial charge in [0.1, 0.15) is 5.75 Å². The number of likely N-dealkylation sites (N-methyl/N-ethyl adjacent to an activating group) is 1. The first-order valence-electron chi connectivity index (χ1n) is 7.71. The average Bonchev–Trinajstić information content (AvgIpc) is 2.86. The molecule has 0 unspecified atom stereocenters. The van der Waals surface area contributed by atoms with Crippen LogP contribution in [-0.4, -0.2) is 60.7 Å². The average molecular weight is 319 g/mol. The molecule has 0 spiro atoms. The van der Waals surface area contributed by atoms with Gasteiger partial charge in [0.25, 0.3) is 5.91 Å². The van der Waals surface area contributed by atoms with Crippen LogP contribution < -0.4 is 15.4 Å². The molecule has 2 aliphatic rings. The highest BCUT2D eigenvalue weighted by Crippen LogP contribution is 2.28. The summed E-state index contributed by atoms with van der Waals surface area (Å²) in [6.45, 7) is 0.868. The van der Waals surface area contributed by atoms with E-state index in [9.17, 15) is 14.7 Å². The molecule has 23 heavy (non-hydrogen) atoms. The van der Waals surface area contributed by atoms with E-state index in [-0.39, 0.29) is 43.5 Å². The summed E-state index contributed by atoms with van der Waals surface area (Å²) in [5.74, 6) is 0.366. The van der Waals surface area contributed by atoms with Crippen LogP contribution >= 0.6 is 0 Å². The van der Waals surface area contributed by atoms with Crippen LogP contribution in [0, 0.1) is 0 Å². The Labute approximate surface area is 134 Å². The van der Waals surface area contributed by atoms with Gasteiger partial charge in [-0.15, -0.1) is 0 Å². The zero-order chi connectivity index (χ0) is 16.4. The van der Waals surface area contributed by atoms with E-state index in [0.717, 1.165) is 18.5 Å². The second kappa shape index (κ2) is 6.55. The van der Waals surface area contributed by atoms with E-state index in [2.05, 4.69) is 15.5 Å². The van der Waals surface area contributed by atoms with Gasteiger partial charge >= 0.3 is 0 Å². The van der Waals surface area contributed by atoms with Crippen molar-refractivity contribution in [3.63, 3.8) is 0 Å². The monoisotopic (exact) mass is 319 g/mol. The predicted octanol–water partition coefficient (Wildman–Crippen LogP) is -0.259. The van der Waals surface area contributed by atoms with Gasteiger partial charge in [-0.05, 0) is 31.2 Å². The number of fused-ring (bicyclic) bond motifs is 1. The van der Waals surface area contributed by atoms with Crippen molar-refractivity contribution in [1.82, 2.24) is 10.2 Å². The van der Waals surface area contributed by atoms with Gasteiger partial charge in [-0.2, -0.15) is 0 Å². The number of nitrogens with zero attached hydrogens (tertiary/aromatic N) is 1. The number of amides is 2. The van der Waals surface area contributed by atoms with E-state index in [0.29, 0.717) is 11.4 Å². The lowest BCUT2D eigenvalue weighted by molar-refractivity contribution is -0.121. The van der Waals surface area contributed by atoms with Crippen molar-refractivity contribution in [2.45, 2.75) is 24.9 Å². The fourth-order valence-corrected chi connectivity index (χ4v) is 3.10. The minimum absolute atomic E-state index is 0.0219. The highest BCUT2D eigenvalue weighted by Gasteiger charge is 2.29. The lowest BCUT2D eigenvalue weighted by Crippen LogP contribution is -2.37. The quantitative estimate of drug-likeness (QED) is 0.711. The van der Waals surface area contributed by atoms with Crippen LogP contribution in [0.5, 0.6) is 5.75 Å². The number of nitrogens with one attached hydrogen (secondary N) is 2. The highest BCUT2D eigenvalue weighted by molar-refractivity contribution is 5.95. The fourth-order valence-electron chi connectivity index (χ4n) is 3.10. The summed E-state index contributed by atoms with van der Waals surface area (Å²) in [5.41, 5.74) is 1.42. The summed E-state index contributed by atoms with van der Waals surface area (Å²) >= 11 is 0. The summed E-state index contributed by atoms with van der Waals surface area (Å²) in [6.07, 6.45) is 1.000. The largest absolute Gasteiger partial charge is 0.482 e. The molecule has 0 saturated carbocycles. The maximum Gasteiger partial charge on any atom is 0.262 e. The predicted molar refractivity (Wildman–Crippen MR) is 84.3 cm³/mol. The number of benzene rings is 1. The zero-order valence-corrected chi connectivity index (χ0v) is 13.0. The molecule has 1 saturated heterocycles. The van der Waals surface area contributed by atoms with Crippen molar-refractivity contribution in [3.05, 3.63) is 23.8 Å². The Morgan fingerprint density at radius 1 is 1.52 bits per heavy atom. The molecule has 2 heterocycles. The van der Waals surface area contributed by atoms with Gasteiger partial charge in [0.05, 0.1) is 18.7 Å². The second-order valence-electron chi connectivity index (χ2n) is 6.12. The first-order chi connectivity index (χ1) is 11.0. The van der Waals surface area contributed by atoms with Gasteiger partial charge in [0.2, 0.25) is 5.91 Å². The van der Waals surface area contributed by atoms with Crippen molar-refractivity contribution in [2.24, 2.45) is 0 Å². The molecule has 1 aromatic carbocycles. The summed E-state index contributed by atoms with van der Waals surface area (Å²) in [4.78, 5) is 25.6. The SMILES string of the molecule is CN1C[C@H](NC(=O)Cc2ccc3c(c2)NC(=O)CO3)C[C@H]1CO. The number of rotatable bonds is 4. The Balaban J connectivity index is 1.58. The van der Waals surface area contributed by atoms with Crippen LogP contribution in [0.25, 0.3) is 0 Å². The smallest absolute Gasteiger partial charge is 0.262 e. The first kappa shape index (κ1) is 15.8. The molecule has 0 bridgehead atoms. The lowest BCUT2D eigenvalue weighted by Gasteiger charge is -2.18. The molecule has 1 fully saturated rings. The van der Waals surface area contributed by atoms with Gasteiger partial charge in [-0.3, -0.25) is 14.5 Å². The third kappa shape index (κ3) is 3.62. The van der Waals surface area contributed by atoms with Crippen LogP contribution in [0.4, 0.5) is 5.69 Å². The topological polar surface area (TPSA) is 90.9 Å². The molecule has 7 nitrogen and oxygen atoms in total. The molecular weight excluding hydrogens is 298 g/mol. The molecule has 3 rings (SSSR count). The molecular formula is C16H21N3O4. The molecule has 7 heteroatoms. The van der Waals surface area contributed by atoms with Crippen LogP contribution in [0.1, 0.15) is 12.0 Å². The normalized spacial score (nSPS) is 23.8. The molecule has 2 atom stereocenters. The number of carbonyl (C=O) groups excluding carboxylic acids is 2. The third-order valence-electron chi connectivity index (χ3n) is 4.31. The standard InChI is InChI=1S/C16H21N3O4/c1-19-7-11(6-12(19)8-20)17-15(21)5-10-2-3-14-13(4-10)18-16(22)9-23-14/h2-4,11-12,20H,5-9H2,1H3,(H,17,21)(H,18,22)/t11-,12+/m1/s1. The number of anilines is 1. The summed E-state index contributed by atoms with van der Waals surface area (Å²) in [6, 6.07) is 5.53. The number of ether oxygens (including phenoxy) is 1. The van der Waals surface area contributed by atoms with Gasteiger partial charge < -0.3 is 20.5 Å². The molecule has 0 aromatic heterocycles.